The molecule has 1 atom stereocenters. The third-order valence-corrected chi connectivity index (χ3v) is 5.25. The number of nitrogens with zero attached hydrogens (tertiary/aromatic N) is 5. The van der Waals surface area contributed by atoms with Crippen molar-refractivity contribution in [2.45, 2.75) is 32.7 Å². The molecule has 0 unspecified atom stereocenters. The van der Waals surface area contributed by atoms with Gasteiger partial charge in [-0.1, -0.05) is 28.9 Å². The smallest absolute Gasteiger partial charge is 0.261 e. The molecular weight excluding hydrogens is 370 g/mol. The van der Waals surface area contributed by atoms with Crippen LogP contribution in [0.5, 0.6) is 0 Å². The molecule has 0 spiro atoms. The number of rotatable bonds is 5. The number of hydrogen-bond donors (Lipinski definition) is 0. The quantitative estimate of drug-likeness (QED) is 0.660. The van der Waals surface area contributed by atoms with Gasteiger partial charge in [0, 0.05) is 26.2 Å². The van der Waals surface area contributed by atoms with Crippen molar-refractivity contribution in [2.24, 2.45) is 7.05 Å². The molecule has 0 aliphatic carbocycles. The van der Waals surface area contributed by atoms with Crippen molar-refractivity contribution >= 4 is 5.91 Å². The zero-order valence-electron chi connectivity index (χ0n) is 17.0. The molecule has 152 valence electrons. The Morgan fingerprint density at radius 3 is 2.93 bits per heavy atom. The van der Waals surface area contributed by atoms with E-state index in [9.17, 15) is 4.79 Å². The van der Waals surface area contributed by atoms with E-state index in [1.807, 2.05) is 18.1 Å². The van der Waals surface area contributed by atoms with Crippen LogP contribution in [0.15, 0.2) is 35.1 Å². The summed E-state index contributed by atoms with van der Waals surface area (Å²) in [7, 11) is 1.83. The van der Waals surface area contributed by atoms with Crippen LogP contribution in [-0.2, 0) is 23.0 Å². The van der Waals surface area contributed by atoms with Gasteiger partial charge in [-0.2, -0.15) is 10.1 Å². The van der Waals surface area contributed by atoms with Gasteiger partial charge in [-0.15, -0.1) is 0 Å². The lowest BCUT2D eigenvalue weighted by atomic mass is 10.0. The molecule has 1 aliphatic rings. The van der Waals surface area contributed by atoms with Crippen LogP contribution in [0.25, 0.3) is 11.5 Å². The molecule has 3 heterocycles. The fourth-order valence-corrected chi connectivity index (χ4v) is 3.65. The summed E-state index contributed by atoms with van der Waals surface area (Å²) in [6, 6.07) is 6.00. The van der Waals surface area contributed by atoms with Gasteiger partial charge in [-0.3, -0.25) is 9.48 Å². The summed E-state index contributed by atoms with van der Waals surface area (Å²) in [4.78, 5) is 19.3. The maximum Gasteiger partial charge on any atom is 0.261 e. The third kappa shape index (κ3) is 4.22. The van der Waals surface area contributed by atoms with E-state index < -0.39 is 0 Å². The van der Waals surface area contributed by atoms with Gasteiger partial charge < -0.3 is 14.2 Å². The van der Waals surface area contributed by atoms with E-state index in [-0.39, 0.29) is 11.9 Å². The lowest BCUT2D eigenvalue weighted by molar-refractivity contribution is -0.140. The van der Waals surface area contributed by atoms with Crippen molar-refractivity contribution in [2.75, 3.05) is 19.8 Å². The summed E-state index contributed by atoms with van der Waals surface area (Å²) < 4.78 is 12.7. The number of amides is 1. The second kappa shape index (κ2) is 8.16. The molecule has 3 aromatic rings. The van der Waals surface area contributed by atoms with Crippen LogP contribution in [0.1, 0.15) is 35.0 Å². The minimum absolute atomic E-state index is 0.0750. The summed E-state index contributed by atoms with van der Waals surface area (Å²) >= 11 is 0. The molecule has 1 amide bonds. The monoisotopic (exact) mass is 395 g/mol. The Morgan fingerprint density at radius 2 is 2.17 bits per heavy atom. The fraction of sp³-hybridized carbons (Fsp3) is 0.429. The molecule has 0 radical (unpaired) electrons. The van der Waals surface area contributed by atoms with Gasteiger partial charge >= 0.3 is 0 Å². The van der Waals surface area contributed by atoms with Crippen LogP contribution in [0.3, 0.4) is 0 Å². The van der Waals surface area contributed by atoms with E-state index in [4.69, 9.17) is 9.26 Å². The average Bonchev–Trinajstić information content (AvgIpc) is 3.36. The predicted octanol–water partition coefficient (Wildman–Crippen LogP) is 2.62. The Bertz CT molecular complexity index is 1010. The first-order valence-corrected chi connectivity index (χ1v) is 9.77. The minimum Gasteiger partial charge on any atom is -0.377 e. The maximum absolute atomic E-state index is 13.0. The molecule has 8 nitrogen and oxygen atoms in total. The minimum atomic E-state index is -0.343. The van der Waals surface area contributed by atoms with Gasteiger partial charge in [0.25, 0.3) is 5.89 Å². The molecule has 1 fully saturated rings. The molecule has 1 saturated heterocycles. The second-order valence-electron chi connectivity index (χ2n) is 7.47. The van der Waals surface area contributed by atoms with E-state index in [0.717, 1.165) is 5.56 Å². The molecule has 8 heteroatoms. The summed E-state index contributed by atoms with van der Waals surface area (Å²) in [5.74, 6) is 0.927. The lowest BCUT2D eigenvalue weighted by Crippen LogP contribution is -2.44. The highest BCUT2D eigenvalue weighted by molar-refractivity contribution is 5.77. The van der Waals surface area contributed by atoms with E-state index >= 15 is 0 Å². The van der Waals surface area contributed by atoms with Crippen molar-refractivity contribution in [3.63, 3.8) is 0 Å². The first-order valence-electron chi connectivity index (χ1n) is 9.77. The van der Waals surface area contributed by atoms with Crippen LogP contribution >= 0.6 is 0 Å². The number of morpholine rings is 1. The van der Waals surface area contributed by atoms with Gasteiger partial charge in [-0.25, -0.2) is 0 Å². The number of benzene rings is 1. The SMILES string of the molecule is Cc1ccc(CCC(=O)N2CCOC[C@H]2c2noc(-c3cnn(C)c3)n2)c(C)c1. The van der Waals surface area contributed by atoms with Gasteiger partial charge in [0.2, 0.25) is 5.91 Å². The van der Waals surface area contributed by atoms with E-state index in [2.05, 4.69) is 47.3 Å². The van der Waals surface area contributed by atoms with Crippen molar-refractivity contribution < 1.29 is 14.1 Å². The Kier molecular flexibility index (Phi) is 5.44. The summed E-state index contributed by atoms with van der Waals surface area (Å²) in [6.07, 6.45) is 4.62. The predicted molar refractivity (Wildman–Crippen MR) is 106 cm³/mol. The van der Waals surface area contributed by atoms with Gasteiger partial charge in [0.05, 0.1) is 25.0 Å². The number of ether oxygens (including phenoxy) is 1. The standard InChI is InChI=1S/C21H25N5O3/c1-14-4-5-16(15(2)10-14)6-7-19(27)26-8-9-28-13-18(26)20-23-21(29-24-20)17-11-22-25(3)12-17/h4-5,10-12,18H,6-9,13H2,1-3H3/t18-/m0/s1. The number of carbonyl (C=O) groups is 1. The number of carbonyl (C=O) groups excluding carboxylic acids is 1. The van der Waals surface area contributed by atoms with Gasteiger partial charge in [0.15, 0.2) is 5.82 Å². The second-order valence-corrected chi connectivity index (χ2v) is 7.47. The molecule has 4 rings (SSSR count). The summed E-state index contributed by atoms with van der Waals surface area (Å²) in [5, 5.41) is 8.23. The first-order chi connectivity index (χ1) is 14.0. The van der Waals surface area contributed by atoms with Crippen LogP contribution < -0.4 is 0 Å². The highest BCUT2D eigenvalue weighted by Gasteiger charge is 2.32. The van der Waals surface area contributed by atoms with Crippen LogP contribution in [-0.4, -0.2) is 50.5 Å². The number of aromatic nitrogens is 4. The zero-order valence-corrected chi connectivity index (χ0v) is 17.0. The van der Waals surface area contributed by atoms with Crippen molar-refractivity contribution in [3.8, 4) is 11.5 Å². The van der Waals surface area contributed by atoms with Crippen LogP contribution in [0, 0.1) is 13.8 Å². The van der Waals surface area contributed by atoms with Crippen LogP contribution in [0.2, 0.25) is 0 Å². The molecule has 29 heavy (non-hydrogen) atoms. The highest BCUT2D eigenvalue weighted by atomic mass is 16.5. The van der Waals surface area contributed by atoms with Crippen LogP contribution in [0.4, 0.5) is 0 Å². The number of aryl methyl sites for hydroxylation is 4. The van der Waals surface area contributed by atoms with Crippen molar-refractivity contribution in [1.29, 1.82) is 0 Å². The molecule has 2 aromatic heterocycles. The molecule has 1 aromatic carbocycles. The van der Waals surface area contributed by atoms with Gasteiger partial charge in [-0.05, 0) is 31.4 Å². The largest absolute Gasteiger partial charge is 0.377 e. The van der Waals surface area contributed by atoms with Crippen molar-refractivity contribution in [1.82, 2.24) is 24.8 Å². The first kappa shape index (κ1) is 19.3. The van der Waals surface area contributed by atoms with Crippen molar-refractivity contribution in [3.05, 3.63) is 53.1 Å². The molecule has 0 N–H and O–H groups in total. The fourth-order valence-electron chi connectivity index (χ4n) is 3.65. The van der Waals surface area contributed by atoms with Gasteiger partial charge in [0.1, 0.15) is 6.04 Å². The zero-order chi connectivity index (χ0) is 20.4. The Labute approximate surface area is 169 Å². The molecule has 0 saturated carbocycles. The average molecular weight is 395 g/mol. The Balaban J connectivity index is 1.47. The lowest BCUT2D eigenvalue weighted by Gasteiger charge is -2.33. The Morgan fingerprint density at radius 1 is 1.31 bits per heavy atom. The van der Waals surface area contributed by atoms with E-state index in [0.29, 0.717) is 44.3 Å². The third-order valence-electron chi connectivity index (χ3n) is 5.25. The highest BCUT2D eigenvalue weighted by Crippen LogP contribution is 2.26. The van der Waals surface area contributed by atoms with E-state index in [1.54, 1.807) is 10.9 Å². The summed E-state index contributed by atoms with van der Waals surface area (Å²) in [6.45, 7) is 5.56. The van der Waals surface area contributed by atoms with E-state index in [1.165, 1.54) is 16.7 Å². The normalized spacial score (nSPS) is 16.9. The number of hydrogen-bond acceptors (Lipinski definition) is 6. The molecule has 0 bridgehead atoms. The maximum atomic E-state index is 13.0. The molecular formula is C21H25N5O3. The topological polar surface area (TPSA) is 86.3 Å². The Hall–Kier alpha value is -3.00. The molecule has 1 aliphatic heterocycles. The summed E-state index contributed by atoms with van der Waals surface area (Å²) in [5.41, 5.74) is 4.39.